The molecule has 3 aromatic carbocycles. The van der Waals surface area contributed by atoms with E-state index in [0.717, 1.165) is 28.1 Å². The minimum absolute atomic E-state index is 0.0638. The summed E-state index contributed by atoms with van der Waals surface area (Å²) in [6.07, 6.45) is 0.130. The molecule has 6 heteroatoms. The van der Waals surface area contributed by atoms with E-state index in [0.29, 0.717) is 11.5 Å². The van der Waals surface area contributed by atoms with Gasteiger partial charge in [-0.15, -0.1) is 0 Å². The summed E-state index contributed by atoms with van der Waals surface area (Å²) in [5, 5.41) is 10.6. The van der Waals surface area contributed by atoms with Crippen LogP contribution in [0.4, 0.5) is 0 Å². The molecule has 0 bridgehead atoms. The maximum atomic E-state index is 12.0. The topological polar surface area (TPSA) is 69.9 Å². The molecule has 0 unspecified atom stereocenters. The molecule has 170 valence electrons. The average molecular weight is 446 g/mol. The van der Waals surface area contributed by atoms with Gasteiger partial charge in [0.15, 0.2) is 0 Å². The van der Waals surface area contributed by atoms with Crippen LogP contribution in [0.2, 0.25) is 0 Å². The summed E-state index contributed by atoms with van der Waals surface area (Å²) < 4.78 is 19.2. The molecule has 0 fully saturated rings. The van der Waals surface area contributed by atoms with Crippen molar-refractivity contribution in [3.05, 3.63) is 78.5 Å². The first-order valence-corrected chi connectivity index (χ1v) is 10.9. The number of benzene rings is 3. The van der Waals surface area contributed by atoms with Gasteiger partial charge < -0.3 is 23.9 Å². The van der Waals surface area contributed by atoms with Crippen LogP contribution >= 0.6 is 0 Å². The maximum Gasteiger partial charge on any atom is 0.352 e. The number of hydrogen-bond acceptors (Lipinski definition) is 4. The van der Waals surface area contributed by atoms with Crippen LogP contribution in [-0.4, -0.2) is 27.9 Å². The number of carbonyl (C=O) groups is 1. The molecule has 4 aromatic rings. The Kier molecular flexibility index (Phi) is 6.27. The predicted octanol–water partition coefficient (Wildman–Crippen LogP) is 6.70. The standard InChI is InChI=1S/C27H27NO5/c1-17(2)31-21-10-8-20(9-11-21)28-25-13-12-24(14-19(25)15-26(28)27(29)30)33-23-7-5-6-22(16-23)32-18(3)4/h5-18H,1-4H3,(H,29,30). The Hall–Kier alpha value is -3.93. The van der Waals surface area contributed by atoms with Gasteiger partial charge in [-0.3, -0.25) is 0 Å². The number of ether oxygens (including phenoxy) is 3. The molecular formula is C27H27NO5. The number of nitrogens with zero attached hydrogens (tertiary/aromatic N) is 1. The van der Waals surface area contributed by atoms with E-state index < -0.39 is 5.97 Å². The molecule has 0 aliphatic carbocycles. The lowest BCUT2D eigenvalue weighted by molar-refractivity contribution is 0.0688. The van der Waals surface area contributed by atoms with Crippen molar-refractivity contribution in [2.75, 3.05) is 0 Å². The third-order valence-electron chi connectivity index (χ3n) is 4.87. The number of hydrogen-bond donors (Lipinski definition) is 1. The van der Waals surface area contributed by atoms with Crippen LogP contribution in [0.15, 0.2) is 72.8 Å². The van der Waals surface area contributed by atoms with Crippen molar-refractivity contribution in [1.29, 1.82) is 0 Å². The molecule has 1 aromatic heterocycles. The van der Waals surface area contributed by atoms with Gasteiger partial charge in [-0.05, 0) is 88.4 Å². The van der Waals surface area contributed by atoms with E-state index in [1.165, 1.54) is 0 Å². The molecule has 0 saturated heterocycles. The Labute approximate surface area is 192 Å². The maximum absolute atomic E-state index is 12.0. The Bertz CT molecular complexity index is 1270. The summed E-state index contributed by atoms with van der Waals surface area (Å²) in [4.78, 5) is 12.0. The number of fused-ring (bicyclic) bond motifs is 1. The average Bonchev–Trinajstić information content (AvgIpc) is 3.13. The molecule has 0 aliphatic heterocycles. The summed E-state index contributed by atoms with van der Waals surface area (Å²) in [5.74, 6) is 1.72. The van der Waals surface area contributed by atoms with Crippen molar-refractivity contribution in [1.82, 2.24) is 4.57 Å². The van der Waals surface area contributed by atoms with Crippen molar-refractivity contribution in [3.8, 4) is 28.7 Å². The van der Waals surface area contributed by atoms with E-state index in [2.05, 4.69) is 0 Å². The van der Waals surface area contributed by atoms with Crippen molar-refractivity contribution in [2.45, 2.75) is 39.9 Å². The number of carboxylic acids is 1. The molecular weight excluding hydrogens is 418 g/mol. The van der Waals surface area contributed by atoms with E-state index in [1.807, 2.05) is 94.4 Å². The first kappa shape index (κ1) is 22.3. The highest BCUT2D eigenvalue weighted by Crippen LogP contribution is 2.32. The zero-order valence-corrected chi connectivity index (χ0v) is 19.1. The fraction of sp³-hybridized carbons (Fsp3) is 0.222. The Balaban J connectivity index is 1.68. The second kappa shape index (κ2) is 9.28. The zero-order valence-electron chi connectivity index (χ0n) is 19.1. The summed E-state index contributed by atoms with van der Waals surface area (Å²) in [5.41, 5.74) is 1.69. The van der Waals surface area contributed by atoms with Gasteiger partial charge in [-0.2, -0.15) is 0 Å². The van der Waals surface area contributed by atoms with Gasteiger partial charge in [-0.25, -0.2) is 4.79 Å². The van der Waals surface area contributed by atoms with Crippen molar-refractivity contribution >= 4 is 16.9 Å². The summed E-state index contributed by atoms with van der Waals surface area (Å²) in [7, 11) is 0. The SMILES string of the molecule is CC(C)Oc1ccc(-n2c(C(=O)O)cc3cc(Oc4cccc(OC(C)C)c4)ccc32)cc1. The third kappa shape index (κ3) is 5.12. The largest absolute Gasteiger partial charge is 0.491 e. The van der Waals surface area contributed by atoms with Gasteiger partial charge in [0.25, 0.3) is 0 Å². The van der Waals surface area contributed by atoms with E-state index >= 15 is 0 Å². The molecule has 0 saturated carbocycles. The molecule has 0 aliphatic rings. The van der Waals surface area contributed by atoms with Gasteiger partial charge in [0.05, 0.1) is 17.7 Å². The van der Waals surface area contributed by atoms with Crippen LogP contribution in [0.5, 0.6) is 23.0 Å². The van der Waals surface area contributed by atoms with Crippen molar-refractivity contribution in [3.63, 3.8) is 0 Å². The second-order valence-electron chi connectivity index (χ2n) is 8.29. The molecule has 0 atom stereocenters. The highest BCUT2D eigenvalue weighted by atomic mass is 16.5. The monoisotopic (exact) mass is 445 g/mol. The van der Waals surface area contributed by atoms with Crippen LogP contribution < -0.4 is 14.2 Å². The van der Waals surface area contributed by atoms with E-state index in [1.54, 1.807) is 10.6 Å². The Morgan fingerprint density at radius 3 is 2.03 bits per heavy atom. The molecule has 0 amide bonds. The third-order valence-corrected chi connectivity index (χ3v) is 4.87. The quantitative estimate of drug-likeness (QED) is 0.327. The van der Waals surface area contributed by atoms with Gasteiger partial charge in [0.1, 0.15) is 28.7 Å². The molecule has 4 rings (SSSR count). The van der Waals surface area contributed by atoms with Crippen LogP contribution in [0.3, 0.4) is 0 Å². The lowest BCUT2D eigenvalue weighted by atomic mass is 10.2. The summed E-state index contributed by atoms with van der Waals surface area (Å²) in [6, 6.07) is 22.0. The van der Waals surface area contributed by atoms with Gasteiger partial charge >= 0.3 is 5.97 Å². The lowest BCUT2D eigenvalue weighted by Gasteiger charge is -2.13. The minimum Gasteiger partial charge on any atom is -0.491 e. The number of aromatic nitrogens is 1. The highest BCUT2D eigenvalue weighted by Gasteiger charge is 2.17. The molecule has 0 radical (unpaired) electrons. The first-order valence-electron chi connectivity index (χ1n) is 10.9. The normalized spacial score (nSPS) is 11.2. The van der Waals surface area contributed by atoms with Gasteiger partial charge in [0.2, 0.25) is 0 Å². The molecule has 1 N–H and O–H groups in total. The number of carboxylic acid groups (broad SMARTS) is 1. The Morgan fingerprint density at radius 2 is 1.36 bits per heavy atom. The highest BCUT2D eigenvalue weighted by molar-refractivity contribution is 5.96. The predicted molar refractivity (Wildman–Crippen MR) is 128 cm³/mol. The molecule has 0 spiro atoms. The Morgan fingerprint density at radius 1 is 0.758 bits per heavy atom. The van der Waals surface area contributed by atoms with Crippen LogP contribution in [0.1, 0.15) is 38.2 Å². The van der Waals surface area contributed by atoms with Crippen LogP contribution in [0.25, 0.3) is 16.6 Å². The fourth-order valence-electron chi connectivity index (χ4n) is 3.66. The van der Waals surface area contributed by atoms with Gasteiger partial charge in [0, 0.05) is 17.1 Å². The number of rotatable bonds is 8. The van der Waals surface area contributed by atoms with E-state index in [9.17, 15) is 9.90 Å². The zero-order chi connectivity index (χ0) is 23.5. The summed E-state index contributed by atoms with van der Waals surface area (Å²) >= 11 is 0. The fourth-order valence-corrected chi connectivity index (χ4v) is 3.66. The molecule has 1 heterocycles. The molecule has 6 nitrogen and oxygen atoms in total. The van der Waals surface area contributed by atoms with E-state index in [4.69, 9.17) is 14.2 Å². The first-order chi connectivity index (χ1) is 15.8. The number of aromatic carboxylic acids is 1. The second-order valence-corrected chi connectivity index (χ2v) is 8.29. The molecule has 33 heavy (non-hydrogen) atoms. The smallest absolute Gasteiger partial charge is 0.352 e. The van der Waals surface area contributed by atoms with Crippen molar-refractivity contribution in [2.24, 2.45) is 0 Å². The summed E-state index contributed by atoms with van der Waals surface area (Å²) in [6.45, 7) is 7.86. The van der Waals surface area contributed by atoms with E-state index in [-0.39, 0.29) is 17.9 Å². The lowest BCUT2D eigenvalue weighted by Crippen LogP contribution is -2.07. The van der Waals surface area contributed by atoms with Crippen LogP contribution in [-0.2, 0) is 0 Å². The minimum atomic E-state index is -1.00. The van der Waals surface area contributed by atoms with Crippen LogP contribution in [0, 0.1) is 0 Å². The van der Waals surface area contributed by atoms with Crippen molar-refractivity contribution < 1.29 is 24.1 Å². The van der Waals surface area contributed by atoms with Gasteiger partial charge in [-0.1, -0.05) is 6.07 Å².